The van der Waals surface area contributed by atoms with E-state index in [0.717, 1.165) is 42.5 Å². The summed E-state index contributed by atoms with van der Waals surface area (Å²) in [6, 6.07) is 16.9. The number of carboxylic acid groups (broad SMARTS) is 1. The molecule has 2 aliphatic heterocycles. The maximum absolute atomic E-state index is 13.4. The fourth-order valence-electron chi connectivity index (χ4n) is 4.79. The molecule has 3 aromatic carbocycles. The third-order valence-corrected chi connectivity index (χ3v) is 9.06. The minimum absolute atomic E-state index is 0.0303. The van der Waals surface area contributed by atoms with Gasteiger partial charge in [0.1, 0.15) is 16.7 Å². The monoisotopic (exact) mass is 685 g/mol. The fraction of sp³-hybridized carbons (Fsp3) is 0.250. The number of anilines is 1. The van der Waals surface area contributed by atoms with Crippen LogP contribution in [0.3, 0.4) is 0 Å². The number of ether oxygens (including phenoxy) is 2. The Morgan fingerprint density at radius 2 is 1.87 bits per heavy atom. The smallest absolute Gasteiger partial charge is 0.335 e. The van der Waals surface area contributed by atoms with E-state index in [0.29, 0.717) is 56.1 Å². The molecule has 0 unspecified atom stereocenters. The van der Waals surface area contributed by atoms with Crippen molar-refractivity contribution in [1.82, 2.24) is 9.80 Å². The van der Waals surface area contributed by atoms with Crippen molar-refractivity contribution in [3.8, 4) is 16.9 Å². The Kier molecular flexibility index (Phi) is 11.1. The third-order valence-electron chi connectivity index (χ3n) is 7.14. The zero-order valence-corrected chi connectivity index (χ0v) is 27.1. The normalized spacial score (nSPS) is 16.3. The van der Waals surface area contributed by atoms with Crippen LogP contribution in [0.2, 0.25) is 10.0 Å². The van der Waals surface area contributed by atoms with Crippen LogP contribution in [-0.4, -0.2) is 83.0 Å². The van der Waals surface area contributed by atoms with Gasteiger partial charge in [-0.1, -0.05) is 65.4 Å². The number of aromatic carboxylic acids is 1. The van der Waals surface area contributed by atoms with Gasteiger partial charge in [-0.05, 0) is 54.1 Å². The quantitative estimate of drug-likeness (QED) is 0.178. The van der Waals surface area contributed by atoms with Gasteiger partial charge < -0.3 is 19.9 Å². The van der Waals surface area contributed by atoms with E-state index < -0.39 is 5.97 Å². The van der Waals surface area contributed by atoms with Crippen LogP contribution in [0.5, 0.6) is 5.75 Å². The van der Waals surface area contributed by atoms with Crippen LogP contribution in [0.1, 0.15) is 22.3 Å². The Morgan fingerprint density at radius 1 is 1.07 bits per heavy atom. The molecular formula is C32H29Cl2N3O6S2. The molecule has 0 saturated carbocycles. The highest BCUT2D eigenvalue weighted by molar-refractivity contribution is 8.26. The second-order valence-corrected chi connectivity index (χ2v) is 12.7. The molecule has 2 amide bonds. The topological polar surface area (TPSA) is 108 Å². The number of thioether (sulfide) groups is 1. The number of nitrogens with one attached hydrogen (secondary N) is 1. The first-order valence-electron chi connectivity index (χ1n) is 14.1. The number of halogens is 2. The SMILES string of the molecule is O=C(CCN1C(=O)/C(=C/c2cc(-c3ccc(Cl)cc3Cl)ccc2OCCN2CCOCC2)SC1=S)Nc1cccc(C(=O)O)c1. The zero-order valence-electron chi connectivity index (χ0n) is 24.0. The molecule has 45 heavy (non-hydrogen) atoms. The van der Waals surface area contributed by atoms with E-state index in [1.807, 2.05) is 24.3 Å². The molecule has 0 bridgehead atoms. The Hall–Kier alpha value is -3.45. The van der Waals surface area contributed by atoms with E-state index in [9.17, 15) is 19.5 Å². The predicted octanol–water partition coefficient (Wildman–Crippen LogP) is 6.30. The molecule has 0 radical (unpaired) electrons. The van der Waals surface area contributed by atoms with Crippen molar-refractivity contribution in [3.63, 3.8) is 0 Å². The Bertz CT molecular complexity index is 1660. The molecule has 3 aromatic rings. The molecule has 0 aromatic heterocycles. The minimum atomic E-state index is -1.09. The molecular weight excluding hydrogens is 657 g/mol. The molecule has 0 aliphatic carbocycles. The summed E-state index contributed by atoms with van der Waals surface area (Å²) in [6.07, 6.45) is 1.71. The van der Waals surface area contributed by atoms with Crippen molar-refractivity contribution >= 4 is 81.0 Å². The average Bonchev–Trinajstić information content (AvgIpc) is 3.28. The molecule has 2 N–H and O–H groups in total. The number of morpholine rings is 1. The van der Waals surface area contributed by atoms with Gasteiger partial charge in [-0.25, -0.2) is 4.79 Å². The summed E-state index contributed by atoms with van der Waals surface area (Å²) < 4.78 is 12.0. The number of rotatable bonds is 11. The number of benzene rings is 3. The summed E-state index contributed by atoms with van der Waals surface area (Å²) in [5, 5.41) is 12.9. The maximum atomic E-state index is 13.4. The molecule has 0 atom stereocenters. The number of carbonyl (C=O) groups excluding carboxylic acids is 2. The first kappa shape index (κ1) is 32.9. The summed E-state index contributed by atoms with van der Waals surface area (Å²) in [5.41, 5.74) is 2.69. The highest BCUT2D eigenvalue weighted by Gasteiger charge is 2.32. The lowest BCUT2D eigenvalue weighted by Gasteiger charge is -2.26. The van der Waals surface area contributed by atoms with Crippen molar-refractivity contribution < 1.29 is 29.0 Å². The fourth-order valence-corrected chi connectivity index (χ4v) is 6.61. The summed E-state index contributed by atoms with van der Waals surface area (Å²) in [6.45, 7) is 4.34. The lowest BCUT2D eigenvalue weighted by Crippen LogP contribution is -2.38. The minimum Gasteiger partial charge on any atom is -0.492 e. The molecule has 0 spiro atoms. The van der Waals surface area contributed by atoms with Gasteiger partial charge >= 0.3 is 5.97 Å². The van der Waals surface area contributed by atoms with Crippen LogP contribution in [0.25, 0.3) is 17.2 Å². The van der Waals surface area contributed by atoms with Gasteiger partial charge in [-0.2, -0.15) is 0 Å². The van der Waals surface area contributed by atoms with Crippen LogP contribution in [-0.2, 0) is 14.3 Å². The van der Waals surface area contributed by atoms with E-state index in [-0.39, 0.29) is 30.3 Å². The molecule has 5 rings (SSSR count). The largest absolute Gasteiger partial charge is 0.492 e. The number of carboxylic acids is 1. The van der Waals surface area contributed by atoms with Crippen molar-refractivity contribution in [2.45, 2.75) is 6.42 Å². The Morgan fingerprint density at radius 3 is 2.62 bits per heavy atom. The van der Waals surface area contributed by atoms with Crippen molar-refractivity contribution in [2.75, 3.05) is 51.3 Å². The predicted molar refractivity (Wildman–Crippen MR) is 181 cm³/mol. The van der Waals surface area contributed by atoms with Gasteiger partial charge in [0.15, 0.2) is 0 Å². The molecule has 2 aliphatic rings. The molecule has 2 saturated heterocycles. The third kappa shape index (κ3) is 8.63. The van der Waals surface area contributed by atoms with E-state index in [1.165, 1.54) is 17.0 Å². The second kappa shape index (κ2) is 15.2. The van der Waals surface area contributed by atoms with Gasteiger partial charge in [0.05, 0.1) is 23.7 Å². The van der Waals surface area contributed by atoms with Crippen LogP contribution in [0.15, 0.2) is 65.6 Å². The lowest BCUT2D eigenvalue weighted by molar-refractivity contribution is -0.122. The van der Waals surface area contributed by atoms with Crippen molar-refractivity contribution in [3.05, 3.63) is 86.7 Å². The van der Waals surface area contributed by atoms with E-state index in [4.69, 9.17) is 44.9 Å². The summed E-state index contributed by atoms with van der Waals surface area (Å²) in [5.74, 6) is -1.19. The number of hydrogen-bond donors (Lipinski definition) is 2. The summed E-state index contributed by atoms with van der Waals surface area (Å²) in [4.78, 5) is 41.3. The Balaban J connectivity index is 1.31. The molecule has 13 heteroatoms. The van der Waals surface area contributed by atoms with E-state index in [1.54, 1.807) is 30.3 Å². The standard InChI is InChI=1S/C32H29Cl2N3O6S2/c33-23-5-6-25(26(34)19-23)20-4-7-27(43-15-12-36-10-13-42-14-11-36)22(16-20)18-28-30(39)37(32(44)45-28)9-8-29(38)35-24-3-1-2-21(17-24)31(40)41/h1-7,16-19H,8-15H2,(H,35,38)(H,40,41)/b28-18-. The van der Waals surface area contributed by atoms with Crippen LogP contribution >= 0.6 is 47.2 Å². The van der Waals surface area contributed by atoms with Gasteiger partial charge in [0, 0.05) is 59.5 Å². The second-order valence-electron chi connectivity index (χ2n) is 10.2. The Labute approximate surface area is 280 Å². The van der Waals surface area contributed by atoms with E-state index in [2.05, 4.69) is 10.2 Å². The average molecular weight is 687 g/mol. The molecule has 234 valence electrons. The van der Waals surface area contributed by atoms with Crippen LogP contribution in [0, 0.1) is 0 Å². The van der Waals surface area contributed by atoms with E-state index >= 15 is 0 Å². The van der Waals surface area contributed by atoms with Gasteiger partial charge in [0.2, 0.25) is 5.91 Å². The number of amides is 2. The number of carbonyl (C=O) groups is 3. The molecule has 9 nitrogen and oxygen atoms in total. The molecule has 2 heterocycles. The van der Waals surface area contributed by atoms with Crippen LogP contribution < -0.4 is 10.1 Å². The molecule has 2 fully saturated rings. The van der Waals surface area contributed by atoms with Gasteiger partial charge in [-0.3, -0.25) is 19.4 Å². The van der Waals surface area contributed by atoms with Crippen molar-refractivity contribution in [2.24, 2.45) is 0 Å². The summed E-state index contributed by atoms with van der Waals surface area (Å²) >= 11 is 19.3. The van der Waals surface area contributed by atoms with Gasteiger partial charge in [0.25, 0.3) is 5.91 Å². The van der Waals surface area contributed by atoms with Gasteiger partial charge in [-0.15, -0.1) is 0 Å². The summed E-state index contributed by atoms with van der Waals surface area (Å²) in [7, 11) is 0. The number of hydrogen-bond acceptors (Lipinski definition) is 8. The first-order chi connectivity index (χ1) is 21.7. The highest BCUT2D eigenvalue weighted by Crippen LogP contribution is 2.37. The number of thiocarbonyl (C=S) groups is 1. The highest BCUT2D eigenvalue weighted by atomic mass is 35.5. The van der Waals surface area contributed by atoms with Crippen LogP contribution in [0.4, 0.5) is 5.69 Å². The van der Waals surface area contributed by atoms with Crippen molar-refractivity contribution in [1.29, 1.82) is 0 Å². The zero-order chi connectivity index (χ0) is 31.9. The lowest BCUT2D eigenvalue weighted by atomic mass is 10.0. The maximum Gasteiger partial charge on any atom is 0.335 e. The number of nitrogens with zero attached hydrogens (tertiary/aromatic N) is 2. The first-order valence-corrected chi connectivity index (χ1v) is 16.1.